The number of carbonyl (C=O) groups is 2. The smallest absolute Gasteiger partial charge is 0.259 e. The second kappa shape index (κ2) is 10.8. The fraction of sp³-hybridized carbons (Fsp3) is 0.208. The van der Waals surface area contributed by atoms with Gasteiger partial charge in [-0.15, -0.1) is 0 Å². The summed E-state index contributed by atoms with van der Waals surface area (Å²) in [4.78, 5) is 24.4. The van der Waals surface area contributed by atoms with E-state index in [9.17, 15) is 9.59 Å². The zero-order valence-corrected chi connectivity index (χ0v) is 18.2. The highest BCUT2D eigenvalue weighted by Crippen LogP contribution is 2.28. The van der Waals surface area contributed by atoms with Crippen molar-refractivity contribution < 1.29 is 23.8 Å². The Hall–Kier alpha value is -4.07. The Morgan fingerprint density at radius 3 is 2.38 bits per heavy atom. The van der Waals surface area contributed by atoms with Crippen LogP contribution in [0.4, 0.5) is 0 Å². The number of fused-ring (bicyclic) bond motifs is 1. The van der Waals surface area contributed by atoms with Crippen LogP contribution in [0.2, 0.25) is 0 Å². The molecule has 0 aliphatic rings. The molecule has 3 rings (SSSR count). The number of nitrogens with one attached hydrogen (secondary N) is 2. The number of nitrogens with zero attached hydrogens (tertiary/aromatic N) is 1. The maximum absolute atomic E-state index is 12.3. The lowest BCUT2D eigenvalue weighted by molar-refractivity contribution is -0.120. The average molecular weight is 435 g/mol. The maximum atomic E-state index is 12.3. The molecule has 2 amide bonds. The minimum absolute atomic E-state index is 0.228. The lowest BCUT2D eigenvalue weighted by Gasteiger charge is -2.10. The van der Waals surface area contributed by atoms with E-state index in [0.717, 1.165) is 22.1 Å². The monoisotopic (exact) mass is 435 g/mol. The molecule has 3 aromatic rings. The first kappa shape index (κ1) is 22.6. The Bertz CT molecular complexity index is 1140. The van der Waals surface area contributed by atoms with Gasteiger partial charge in [0.1, 0.15) is 5.75 Å². The fourth-order valence-corrected chi connectivity index (χ4v) is 3.14. The summed E-state index contributed by atoms with van der Waals surface area (Å²) < 4.78 is 16.0. The third kappa shape index (κ3) is 5.34. The first-order chi connectivity index (χ1) is 15.6. The Labute approximate surface area is 186 Å². The first-order valence-corrected chi connectivity index (χ1v) is 10.0. The third-order valence-corrected chi connectivity index (χ3v) is 4.67. The van der Waals surface area contributed by atoms with Crippen molar-refractivity contribution in [1.29, 1.82) is 0 Å². The molecule has 0 bridgehead atoms. The van der Waals surface area contributed by atoms with Crippen molar-refractivity contribution in [2.24, 2.45) is 5.10 Å². The van der Waals surface area contributed by atoms with Gasteiger partial charge in [-0.1, -0.05) is 24.3 Å². The number of methoxy groups -OCH3 is 2. The van der Waals surface area contributed by atoms with Crippen LogP contribution in [0.5, 0.6) is 17.2 Å². The first-order valence-electron chi connectivity index (χ1n) is 10.0. The molecule has 2 N–H and O–H groups in total. The Kier molecular flexibility index (Phi) is 7.64. The number of hydrogen-bond acceptors (Lipinski definition) is 6. The molecule has 0 saturated heterocycles. The minimum atomic E-state index is -0.453. The molecule has 0 spiro atoms. The molecular formula is C24H25N3O5. The molecule has 0 atom stereocenters. The summed E-state index contributed by atoms with van der Waals surface area (Å²) in [6.45, 7) is 2.28. The molecule has 3 aromatic carbocycles. The molecule has 0 aromatic heterocycles. The van der Waals surface area contributed by atoms with Gasteiger partial charge in [-0.3, -0.25) is 9.59 Å². The Balaban J connectivity index is 1.59. The quantitative estimate of drug-likeness (QED) is 0.398. The topological polar surface area (TPSA) is 98.2 Å². The molecular weight excluding hydrogens is 410 g/mol. The number of rotatable bonds is 9. The lowest BCUT2D eigenvalue weighted by atomic mass is 10.0. The van der Waals surface area contributed by atoms with Crippen molar-refractivity contribution >= 4 is 28.8 Å². The van der Waals surface area contributed by atoms with Crippen LogP contribution in [0.1, 0.15) is 22.8 Å². The van der Waals surface area contributed by atoms with Crippen LogP contribution in [-0.4, -0.2) is 45.4 Å². The van der Waals surface area contributed by atoms with E-state index in [-0.39, 0.29) is 6.54 Å². The molecule has 8 nitrogen and oxygen atoms in total. The van der Waals surface area contributed by atoms with Crippen molar-refractivity contribution in [2.45, 2.75) is 6.92 Å². The number of carbonyl (C=O) groups excluding carboxylic acids is 2. The van der Waals surface area contributed by atoms with Gasteiger partial charge in [0.05, 0.1) is 33.6 Å². The van der Waals surface area contributed by atoms with Crippen molar-refractivity contribution in [3.8, 4) is 17.2 Å². The second-order valence-electron chi connectivity index (χ2n) is 6.68. The van der Waals surface area contributed by atoms with Crippen molar-refractivity contribution in [2.75, 3.05) is 27.4 Å². The molecule has 0 aliphatic heterocycles. The summed E-state index contributed by atoms with van der Waals surface area (Å²) in [5.41, 5.74) is 3.60. The molecule has 0 saturated carbocycles. The normalized spacial score (nSPS) is 10.7. The highest BCUT2D eigenvalue weighted by Gasteiger charge is 2.12. The molecule has 8 heteroatoms. The van der Waals surface area contributed by atoms with Gasteiger partial charge >= 0.3 is 0 Å². The highest BCUT2D eigenvalue weighted by atomic mass is 16.5. The van der Waals surface area contributed by atoms with Gasteiger partial charge in [0.2, 0.25) is 0 Å². The summed E-state index contributed by atoms with van der Waals surface area (Å²) in [7, 11) is 3.00. The Morgan fingerprint density at radius 2 is 1.66 bits per heavy atom. The predicted molar refractivity (Wildman–Crippen MR) is 123 cm³/mol. The van der Waals surface area contributed by atoms with E-state index in [0.29, 0.717) is 23.7 Å². The average Bonchev–Trinajstić information content (AvgIpc) is 2.83. The molecule has 0 heterocycles. The third-order valence-electron chi connectivity index (χ3n) is 4.67. The van der Waals surface area contributed by atoms with Crippen LogP contribution in [0, 0.1) is 0 Å². The molecule has 0 radical (unpaired) electrons. The second-order valence-corrected chi connectivity index (χ2v) is 6.68. The Morgan fingerprint density at radius 1 is 0.938 bits per heavy atom. The SMILES string of the molecule is CCOc1ccc(/C=N\NC(=O)CNC(=O)c2ccc(OC)c(OC)c2)c2ccccc12. The highest BCUT2D eigenvalue weighted by molar-refractivity contribution is 6.02. The van der Waals surface area contributed by atoms with Crippen LogP contribution in [0.25, 0.3) is 10.8 Å². The molecule has 0 unspecified atom stereocenters. The van der Waals surface area contributed by atoms with Gasteiger partial charge in [-0.05, 0) is 42.6 Å². The van der Waals surface area contributed by atoms with Gasteiger partial charge in [-0.25, -0.2) is 5.43 Å². The number of hydrogen-bond donors (Lipinski definition) is 2. The summed E-state index contributed by atoms with van der Waals surface area (Å²) in [6.07, 6.45) is 1.56. The largest absolute Gasteiger partial charge is 0.493 e. The van der Waals surface area contributed by atoms with E-state index in [2.05, 4.69) is 15.8 Å². The number of benzene rings is 3. The standard InChI is InChI=1S/C24H25N3O5/c1-4-32-20-11-10-17(18-7-5-6-8-19(18)20)14-26-27-23(28)15-25-24(29)16-9-12-21(30-2)22(13-16)31-3/h5-14H,4,15H2,1-3H3,(H,25,29)(H,27,28)/b26-14-. The summed E-state index contributed by atoms with van der Waals surface area (Å²) in [6, 6.07) is 16.3. The van der Waals surface area contributed by atoms with Gasteiger partial charge in [0.15, 0.2) is 11.5 Å². The number of amides is 2. The van der Waals surface area contributed by atoms with Gasteiger partial charge in [0.25, 0.3) is 11.8 Å². The van der Waals surface area contributed by atoms with Crippen molar-refractivity contribution in [1.82, 2.24) is 10.7 Å². The maximum Gasteiger partial charge on any atom is 0.259 e. The summed E-state index contributed by atoms with van der Waals surface area (Å²) in [5.74, 6) is 0.866. The van der Waals surface area contributed by atoms with E-state index in [1.165, 1.54) is 14.2 Å². The van der Waals surface area contributed by atoms with Crippen molar-refractivity contribution in [3.05, 3.63) is 65.7 Å². The van der Waals surface area contributed by atoms with Gasteiger partial charge < -0.3 is 19.5 Å². The van der Waals surface area contributed by atoms with Crippen LogP contribution in [0.15, 0.2) is 59.7 Å². The van der Waals surface area contributed by atoms with Crippen LogP contribution in [-0.2, 0) is 4.79 Å². The molecule has 0 fully saturated rings. The van der Waals surface area contributed by atoms with E-state index in [4.69, 9.17) is 14.2 Å². The summed E-state index contributed by atoms with van der Waals surface area (Å²) >= 11 is 0. The van der Waals surface area contributed by atoms with E-state index in [1.54, 1.807) is 24.4 Å². The minimum Gasteiger partial charge on any atom is -0.493 e. The zero-order valence-electron chi connectivity index (χ0n) is 18.2. The summed E-state index contributed by atoms with van der Waals surface area (Å²) in [5, 5.41) is 8.49. The molecule has 0 aliphatic carbocycles. The van der Waals surface area contributed by atoms with Crippen LogP contribution < -0.4 is 25.0 Å². The van der Waals surface area contributed by atoms with Crippen LogP contribution >= 0.6 is 0 Å². The van der Waals surface area contributed by atoms with Gasteiger partial charge in [0, 0.05) is 16.5 Å². The lowest BCUT2D eigenvalue weighted by Crippen LogP contribution is -2.34. The van der Waals surface area contributed by atoms with E-state index >= 15 is 0 Å². The number of hydrazone groups is 1. The zero-order chi connectivity index (χ0) is 22.9. The van der Waals surface area contributed by atoms with Crippen LogP contribution in [0.3, 0.4) is 0 Å². The van der Waals surface area contributed by atoms with Gasteiger partial charge in [-0.2, -0.15) is 5.10 Å². The predicted octanol–water partition coefficient (Wildman–Crippen LogP) is 3.14. The molecule has 32 heavy (non-hydrogen) atoms. The van der Waals surface area contributed by atoms with E-state index in [1.807, 2.05) is 43.3 Å². The van der Waals surface area contributed by atoms with Crippen molar-refractivity contribution in [3.63, 3.8) is 0 Å². The number of ether oxygens (including phenoxy) is 3. The van der Waals surface area contributed by atoms with E-state index < -0.39 is 11.8 Å². The molecule has 166 valence electrons. The fourth-order valence-electron chi connectivity index (χ4n) is 3.14.